The summed E-state index contributed by atoms with van der Waals surface area (Å²) in [6.45, 7) is 0. The first kappa shape index (κ1) is 16.5. The number of thiophene rings is 1. The summed E-state index contributed by atoms with van der Waals surface area (Å²) in [5, 5.41) is 4.99. The zero-order valence-electron chi connectivity index (χ0n) is 15.5. The van der Waals surface area contributed by atoms with Gasteiger partial charge in [-0.25, -0.2) is 4.98 Å². The Bertz CT molecular complexity index is 1770. The lowest BCUT2D eigenvalue weighted by molar-refractivity contribution is 0.621. The smallest absolute Gasteiger partial charge is 0.228 e. The molecule has 0 fully saturated rings. The maximum atomic E-state index is 6.43. The first-order valence-electron chi connectivity index (χ1n) is 9.58. The van der Waals surface area contributed by atoms with E-state index < -0.39 is 0 Å². The van der Waals surface area contributed by atoms with Gasteiger partial charge in [-0.05, 0) is 30.3 Å². The molecule has 3 nitrogen and oxygen atoms in total. The van der Waals surface area contributed by atoms with Gasteiger partial charge in [0, 0.05) is 37.0 Å². The number of aromatic nitrogens is 1. The van der Waals surface area contributed by atoms with Crippen LogP contribution in [0.1, 0.15) is 0 Å². The monoisotopic (exact) mass is 425 g/mol. The van der Waals surface area contributed by atoms with Crippen molar-refractivity contribution < 1.29 is 8.83 Å². The molecule has 4 aromatic carbocycles. The Morgan fingerprint density at radius 2 is 1.60 bits per heavy atom. The summed E-state index contributed by atoms with van der Waals surface area (Å²) >= 11 is 8.19. The van der Waals surface area contributed by atoms with Crippen molar-refractivity contribution in [3.8, 4) is 11.5 Å². The van der Waals surface area contributed by atoms with E-state index in [0.29, 0.717) is 10.9 Å². The van der Waals surface area contributed by atoms with Gasteiger partial charge in [-0.3, -0.25) is 0 Å². The van der Waals surface area contributed by atoms with Crippen molar-refractivity contribution in [1.29, 1.82) is 0 Å². The van der Waals surface area contributed by atoms with Gasteiger partial charge < -0.3 is 8.83 Å². The summed E-state index contributed by atoms with van der Waals surface area (Å²) in [5.74, 6) is 0.616. The zero-order chi connectivity index (χ0) is 19.8. The number of halogens is 1. The molecule has 30 heavy (non-hydrogen) atoms. The molecule has 0 unspecified atom stereocenters. The molecule has 0 bridgehead atoms. The molecule has 0 aliphatic rings. The molecule has 0 amide bonds. The van der Waals surface area contributed by atoms with E-state index in [4.69, 9.17) is 25.4 Å². The first-order valence-corrected chi connectivity index (χ1v) is 10.8. The first-order chi connectivity index (χ1) is 14.8. The van der Waals surface area contributed by atoms with E-state index in [2.05, 4.69) is 42.5 Å². The topological polar surface area (TPSA) is 39.2 Å². The lowest BCUT2D eigenvalue weighted by atomic mass is 10.1. The molecule has 0 radical (unpaired) electrons. The molecule has 3 heterocycles. The largest absolute Gasteiger partial charge is 0.456 e. The Morgan fingerprint density at radius 3 is 2.57 bits per heavy atom. The molecule has 0 spiro atoms. The van der Waals surface area contributed by atoms with Gasteiger partial charge in [-0.1, -0.05) is 48.0 Å². The Morgan fingerprint density at radius 1 is 0.733 bits per heavy atom. The molecule has 3 aromatic heterocycles. The van der Waals surface area contributed by atoms with E-state index in [-0.39, 0.29) is 0 Å². The van der Waals surface area contributed by atoms with Crippen LogP contribution in [0.5, 0.6) is 0 Å². The summed E-state index contributed by atoms with van der Waals surface area (Å²) in [6, 6.07) is 24.3. The van der Waals surface area contributed by atoms with Crippen molar-refractivity contribution in [1.82, 2.24) is 4.98 Å². The number of benzene rings is 4. The van der Waals surface area contributed by atoms with Gasteiger partial charge in [0.05, 0.1) is 10.6 Å². The van der Waals surface area contributed by atoms with Crippen molar-refractivity contribution in [2.75, 3.05) is 0 Å². The minimum atomic E-state index is 0.616. The fraction of sp³-hybridized carbons (Fsp3) is 0. The Hall–Kier alpha value is -3.34. The van der Waals surface area contributed by atoms with Crippen molar-refractivity contribution >= 4 is 76.1 Å². The van der Waals surface area contributed by atoms with E-state index in [1.165, 1.54) is 20.2 Å². The molecule has 0 saturated carbocycles. The second kappa shape index (κ2) is 5.85. The SMILES string of the molecule is Clc1cccc2oc3cc4nc(-c5cccc6c5sc5ccccc56)oc4cc3c12. The maximum Gasteiger partial charge on any atom is 0.228 e. The Balaban J connectivity index is 1.51. The average Bonchev–Trinajstić information content (AvgIpc) is 3.44. The maximum absolute atomic E-state index is 6.43. The highest BCUT2D eigenvalue weighted by atomic mass is 35.5. The highest BCUT2D eigenvalue weighted by molar-refractivity contribution is 7.26. The predicted molar refractivity (Wildman–Crippen MR) is 125 cm³/mol. The molecule has 7 aromatic rings. The van der Waals surface area contributed by atoms with E-state index >= 15 is 0 Å². The van der Waals surface area contributed by atoms with Crippen molar-refractivity contribution in [3.05, 3.63) is 77.8 Å². The van der Waals surface area contributed by atoms with Gasteiger partial charge in [0.25, 0.3) is 0 Å². The van der Waals surface area contributed by atoms with Crippen LogP contribution >= 0.6 is 22.9 Å². The number of hydrogen-bond acceptors (Lipinski definition) is 4. The van der Waals surface area contributed by atoms with E-state index in [9.17, 15) is 0 Å². The third kappa shape index (κ3) is 2.18. The van der Waals surface area contributed by atoms with Crippen LogP contribution in [0.4, 0.5) is 0 Å². The molecule has 0 saturated heterocycles. The summed E-state index contributed by atoms with van der Waals surface area (Å²) in [5.41, 5.74) is 4.01. The number of nitrogens with zero attached hydrogens (tertiary/aromatic N) is 1. The van der Waals surface area contributed by atoms with Gasteiger partial charge in [0.15, 0.2) is 5.58 Å². The molecule has 0 atom stereocenters. The van der Waals surface area contributed by atoms with Gasteiger partial charge in [-0.2, -0.15) is 0 Å². The molecule has 5 heteroatoms. The lowest BCUT2D eigenvalue weighted by Crippen LogP contribution is -1.77. The second-order valence-corrected chi connectivity index (χ2v) is 8.79. The van der Waals surface area contributed by atoms with Gasteiger partial charge in [0.2, 0.25) is 5.89 Å². The highest BCUT2D eigenvalue weighted by Gasteiger charge is 2.17. The molecular weight excluding hydrogens is 414 g/mol. The van der Waals surface area contributed by atoms with Crippen LogP contribution in [-0.2, 0) is 0 Å². The number of hydrogen-bond donors (Lipinski definition) is 0. The van der Waals surface area contributed by atoms with Crippen LogP contribution < -0.4 is 0 Å². The summed E-state index contributed by atoms with van der Waals surface area (Å²) in [4.78, 5) is 4.79. The Kier molecular flexibility index (Phi) is 3.21. The number of rotatable bonds is 1. The van der Waals surface area contributed by atoms with Crippen LogP contribution in [0.15, 0.2) is 81.6 Å². The van der Waals surface area contributed by atoms with Crippen molar-refractivity contribution in [2.24, 2.45) is 0 Å². The predicted octanol–water partition coefficient (Wildman–Crippen LogP) is 8.42. The average molecular weight is 426 g/mol. The molecule has 0 aliphatic heterocycles. The molecule has 0 aliphatic carbocycles. The van der Waals surface area contributed by atoms with Crippen LogP contribution in [0.25, 0.3) is 64.7 Å². The quantitative estimate of drug-likeness (QED) is 0.265. The van der Waals surface area contributed by atoms with Crippen molar-refractivity contribution in [3.63, 3.8) is 0 Å². The summed E-state index contributed by atoms with van der Waals surface area (Å²) in [6.07, 6.45) is 0. The van der Waals surface area contributed by atoms with E-state index in [0.717, 1.165) is 38.6 Å². The third-order valence-corrected chi connectivity index (χ3v) is 7.12. The molecular formula is C25H12ClNO2S. The van der Waals surface area contributed by atoms with Crippen LogP contribution in [0.3, 0.4) is 0 Å². The van der Waals surface area contributed by atoms with E-state index in [1.807, 2.05) is 30.3 Å². The van der Waals surface area contributed by atoms with Gasteiger partial charge in [-0.15, -0.1) is 11.3 Å². The Labute approximate surface area is 179 Å². The number of oxazole rings is 1. The lowest BCUT2D eigenvalue weighted by Gasteiger charge is -1.97. The minimum Gasteiger partial charge on any atom is -0.456 e. The normalized spacial score (nSPS) is 12.2. The fourth-order valence-electron chi connectivity index (χ4n) is 4.23. The van der Waals surface area contributed by atoms with Gasteiger partial charge >= 0.3 is 0 Å². The second-order valence-electron chi connectivity index (χ2n) is 7.33. The number of furan rings is 1. The third-order valence-electron chi connectivity index (χ3n) is 5.59. The minimum absolute atomic E-state index is 0.616. The van der Waals surface area contributed by atoms with Crippen LogP contribution in [0.2, 0.25) is 5.02 Å². The summed E-state index contributed by atoms with van der Waals surface area (Å²) in [7, 11) is 0. The standard InChI is InChI=1S/C25H12ClNO2S/c26-17-8-4-9-19-23(17)16-11-21-18(12-20(16)28-19)27-25(29-21)15-7-3-6-14-13-5-1-2-10-22(13)30-24(14)15/h1-12H. The molecule has 0 N–H and O–H groups in total. The van der Waals surface area contributed by atoms with Crippen molar-refractivity contribution in [2.45, 2.75) is 0 Å². The molecule has 7 rings (SSSR count). The molecule has 142 valence electrons. The zero-order valence-corrected chi connectivity index (χ0v) is 17.1. The van der Waals surface area contributed by atoms with Gasteiger partial charge in [0.1, 0.15) is 16.7 Å². The fourth-order valence-corrected chi connectivity index (χ4v) is 5.71. The van der Waals surface area contributed by atoms with Crippen LogP contribution in [-0.4, -0.2) is 4.98 Å². The highest BCUT2D eigenvalue weighted by Crippen LogP contribution is 2.41. The van der Waals surface area contributed by atoms with Crippen LogP contribution in [0, 0.1) is 0 Å². The van der Waals surface area contributed by atoms with E-state index in [1.54, 1.807) is 11.3 Å². The number of fused-ring (bicyclic) bond motifs is 7. The summed E-state index contributed by atoms with van der Waals surface area (Å²) < 4.78 is 14.7.